The molecule has 0 saturated heterocycles. The van der Waals surface area contributed by atoms with E-state index in [1.807, 2.05) is 0 Å². The van der Waals surface area contributed by atoms with E-state index >= 15 is 0 Å². The Morgan fingerprint density at radius 2 is 1.94 bits per heavy atom. The molecule has 1 amide bonds. The SMILES string of the molecule is C=CNC(C=C)[C@@H](NC(=O)OC=C)C(=O)O. The number of nitrogens with one attached hydrogen (secondary N) is 2. The molecule has 16 heavy (non-hydrogen) atoms. The molecule has 0 spiro atoms. The van der Waals surface area contributed by atoms with Crippen LogP contribution in [0.15, 0.2) is 38.3 Å². The van der Waals surface area contributed by atoms with E-state index in [0.717, 1.165) is 6.26 Å². The molecular weight excluding hydrogens is 212 g/mol. The quantitative estimate of drug-likeness (QED) is 0.437. The van der Waals surface area contributed by atoms with E-state index in [2.05, 4.69) is 35.1 Å². The van der Waals surface area contributed by atoms with Crippen molar-refractivity contribution in [2.75, 3.05) is 0 Å². The van der Waals surface area contributed by atoms with Gasteiger partial charge < -0.3 is 20.5 Å². The van der Waals surface area contributed by atoms with Gasteiger partial charge in [-0.25, -0.2) is 9.59 Å². The molecule has 88 valence electrons. The highest BCUT2D eigenvalue weighted by atomic mass is 16.5. The van der Waals surface area contributed by atoms with Crippen molar-refractivity contribution in [1.29, 1.82) is 0 Å². The molecule has 0 radical (unpaired) electrons. The van der Waals surface area contributed by atoms with Gasteiger partial charge in [-0.3, -0.25) is 0 Å². The van der Waals surface area contributed by atoms with Crippen molar-refractivity contribution in [1.82, 2.24) is 10.6 Å². The van der Waals surface area contributed by atoms with Gasteiger partial charge in [0.15, 0.2) is 6.04 Å². The predicted molar refractivity (Wildman–Crippen MR) is 58.6 cm³/mol. The number of carbonyl (C=O) groups excluding carboxylic acids is 1. The van der Waals surface area contributed by atoms with Crippen LogP contribution in [0.3, 0.4) is 0 Å². The molecule has 0 bridgehead atoms. The van der Waals surface area contributed by atoms with Crippen LogP contribution in [0.1, 0.15) is 0 Å². The lowest BCUT2D eigenvalue weighted by molar-refractivity contribution is -0.139. The van der Waals surface area contributed by atoms with Crippen LogP contribution in [0.2, 0.25) is 0 Å². The third-order valence-corrected chi connectivity index (χ3v) is 1.65. The Kier molecular flexibility index (Phi) is 6.11. The van der Waals surface area contributed by atoms with Gasteiger partial charge in [-0.05, 0) is 6.20 Å². The molecule has 0 fully saturated rings. The monoisotopic (exact) mass is 226 g/mol. The molecule has 0 aromatic rings. The fraction of sp³-hybridized carbons (Fsp3) is 0.200. The van der Waals surface area contributed by atoms with E-state index in [9.17, 15) is 9.59 Å². The van der Waals surface area contributed by atoms with E-state index in [1.165, 1.54) is 12.3 Å². The summed E-state index contributed by atoms with van der Waals surface area (Å²) in [5.74, 6) is -1.22. The molecule has 6 nitrogen and oxygen atoms in total. The van der Waals surface area contributed by atoms with Gasteiger partial charge in [-0.2, -0.15) is 0 Å². The number of hydrogen-bond acceptors (Lipinski definition) is 4. The molecule has 0 aromatic carbocycles. The van der Waals surface area contributed by atoms with E-state index in [1.54, 1.807) is 0 Å². The number of hydrogen-bond donors (Lipinski definition) is 3. The van der Waals surface area contributed by atoms with Crippen LogP contribution < -0.4 is 10.6 Å². The minimum atomic E-state index is -1.22. The number of carboxylic acid groups (broad SMARTS) is 1. The highest BCUT2D eigenvalue weighted by Crippen LogP contribution is 1.97. The summed E-state index contributed by atoms with van der Waals surface area (Å²) in [7, 11) is 0. The van der Waals surface area contributed by atoms with Crippen LogP contribution in [-0.4, -0.2) is 29.3 Å². The molecule has 1 unspecified atom stereocenters. The molecule has 6 heteroatoms. The van der Waals surface area contributed by atoms with E-state index in [4.69, 9.17) is 5.11 Å². The second-order valence-corrected chi connectivity index (χ2v) is 2.66. The minimum Gasteiger partial charge on any atom is -0.480 e. The summed E-state index contributed by atoms with van der Waals surface area (Å²) in [5, 5.41) is 13.7. The van der Waals surface area contributed by atoms with Gasteiger partial charge in [0.25, 0.3) is 0 Å². The highest BCUT2D eigenvalue weighted by molar-refractivity contribution is 5.81. The summed E-state index contributed by atoms with van der Waals surface area (Å²) in [4.78, 5) is 21.9. The van der Waals surface area contributed by atoms with Gasteiger partial charge in [-0.1, -0.05) is 19.2 Å². The fourth-order valence-corrected chi connectivity index (χ4v) is 0.978. The molecule has 0 rings (SSSR count). The summed E-state index contributed by atoms with van der Waals surface area (Å²) in [6.07, 6.45) is 2.65. The summed E-state index contributed by atoms with van der Waals surface area (Å²) in [5.41, 5.74) is 0. The Balaban J connectivity index is 4.63. The maximum Gasteiger partial charge on any atom is 0.412 e. The molecule has 0 aliphatic carbocycles. The molecule has 0 saturated carbocycles. The standard InChI is InChI=1S/C10H14N2O4/c1-4-7(11-5-2)8(9(13)14)12-10(15)16-6-3/h4-8,11H,1-3H2,(H,12,15)(H,13,14)/t7?,8-/m1/s1. The highest BCUT2D eigenvalue weighted by Gasteiger charge is 2.27. The minimum absolute atomic E-state index is 0.688. The zero-order valence-electron chi connectivity index (χ0n) is 8.68. The third-order valence-electron chi connectivity index (χ3n) is 1.65. The average Bonchev–Trinajstić information content (AvgIpc) is 2.23. The van der Waals surface area contributed by atoms with Gasteiger partial charge >= 0.3 is 12.1 Å². The van der Waals surface area contributed by atoms with Crippen LogP contribution in [0.25, 0.3) is 0 Å². The Bertz CT molecular complexity index is 301. The molecule has 3 N–H and O–H groups in total. The Morgan fingerprint density at radius 3 is 2.31 bits per heavy atom. The van der Waals surface area contributed by atoms with Gasteiger partial charge in [0.1, 0.15) is 0 Å². The van der Waals surface area contributed by atoms with Crippen LogP contribution in [0, 0.1) is 0 Å². The lowest BCUT2D eigenvalue weighted by atomic mass is 10.1. The van der Waals surface area contributed by atoms with Crippen molar-refractivity contribution in [3.05, 3.63) is 38.3 Å². The first-order chi connectivity index (χ1) is 7.56. The Hall–Kier alpha value is -2.24. The first-order valence-electron chi connectivity index (χ1n) is 4.37. The first kappa shape index (κ1) is 13.8. The lowest BCUT2D eigenvalue weighted by Crippen LogP contribution is -2.52. The largest absolute Gasteiger partial charge is 0.480 e. The van der Waals surface area contributed by atoms with Gasteiger partial charge in [0, 0.05) is 0 Å². The zero-order chi connectivity index (χ0) is 12.6. The average molecular weight is 226 g/mol. The maximum absolute atomic E-state index is 11.0. The molecule has 0 aromatic heterocycles. The number of ether oxygens (including phenoxy) is 1. The van der Waals surface area contributed by atoms with Crippen molar-refractivity contribution in [2.24, 2.45) is 0 Å². The number of amides is 1. The smallest absolute Gasteiger partial charge is 0.412 e. The summed E-state index contributed by atoms with van der Waals surface area (Å²) in [6, 6.07) is -1.89. The number of carbonyl (C=O) groups is 2. The zero-order valence-corrected chi connectivity index (χ0v) is 8.68. The summed E-state index contributed by atoms with van der Waals surface area (Å²) in [6.45, 7) is 10.0. The Labute approximate surface area is 93.3 Å². The molecule has 0 heterocycles. The number of alkyl carbamates (subject to hydrolysis) is 1. The second kappa shape index (κ2) is 7.10. The van der Waals surface area contributed by atoms with E-state index in [0.29, 0.717) is 0 Å². The number of rotatable bonds is 7. The fourth-order valence-electron chi connectivity index (χ4n) is 0.978. The van der Waals surface area contributed by atoms with Crippen LogP contribution in [0.4, 0.5) is 4.79 Å². The van der Waals surface area contributed by atoms with Crippen molar-refractivity contribution in [3.63, 3.8) is 0 Å². The van der Waals surface area contributed by atoms with Crippen LogP contribution in [0.5, 0.6) is 0 Å². The van der Waals surface area contributed by atoms with Gasteiger partial charge in [-0.15, -0.1) is 6.58 Å². The van der Waals surface area contributed by atoms with E-state index in [-0.39, 0.29) is 0 Å². The number of carboxylic acids is 1. The summed E-state index contributed by atoms with van der Waals surface area (Å²) < 4.78 is 4.36. The molecule has 2 atom stereocenters. The Morgan fingerprint density at radius 1 is 1.31 bits per heavy atom. The molecular formula is C10H14N2O4. The maximum atomic E-state index is 11.0. The normalized spacial score (nSPS) is 12.8. The second-order valence-electron chi connectivity index (χ2n) is 2.66. The van der Waals surface area contributed by atoms with Crippen LogP contribution in [-0.2, 0) is 9.53 Å². The predicted octanol–water partition coefficient (Wildman–Crippen LogP) is 0.597. The van der Waals surface area contributed by atoms with Crippen molar-refractivity contribution < 1.29 is 19.4 Å². The topological polar surface area (TPSA) is 87.7 Å². The van der Waals surface area contributed by atoms with Crippen molar-refractivity contribution in [2.45, 2.75) is 12.1 Å². The van der Waals surface area contributed by atoms with Crippen molar-refractivity contribution in [3.8, 4) is 0 Å². The summed E-state index contributed by atoms with van der Waals surface area (Å²) >= 11 is 0. The number of aliphatic carboxylic acids is 1. The molecule has 0 aliphatic rings. The van der Waals surface area contributed by atoms with E-state index < -0.39 is 24.1 Å². The first-order valence-corrected chi connectivity index (χ1v) is 4.37. The van der Waals surface area contributed by atoms with Crippen LogP contribution >= 0.6 is 0 Å². The lowest BCUT2D eigenvalue weighted by Gasteiger charge is -2.21. The van der Waals surface area contributed by atoms with Crippen molar-refractivity contribution >= 4 is 12.1 Å². The van der Waals surface area contributed by atoms with Gasteiger partial charge in [0.05, 0.1) is 12.3 Å². The molecule has 0 aliphatic heterocycles. The third kappa shape index (κ3) is 4.32. The van der Waals surface area contributed by atoms with Gasteiger partial charge in [0.2, 0.25) is 0 Å².